The lowest BCUT2D eigenvalue weighted by Crippen LogP contribution is -2.24. The van der Waals surface area contributed by atoms with Crippen LogP contribution >= 0.6 is 11.6 Å². The van der Waals surface area contributed by atoms with Crippen LogP contribution in [0.25, 0.3) is 11.0 Å². The van der Waals surface area contributed by atoms with Gasteiger partial charge in [0.1, 0.15) is 17.6 Å². The highest BCUT2D eigenvalue weighted by atomic mass is 35.5. The molecule has 1 amide bonds. The van der Waals surface area contributed by atoms with Crippen LogP contribution in [0.15, 0.2) is 53.6 Å². The molecule has 0 bridgehead atoms. The number of fused-ring (bicyclic) bond motifs is 1. The molecule has 3 rings (SSSR count). The van der Waals surface area contributed by atoms with E-state index in [2.05, 4.69) is 20.7 Å². The van der Waals surface area contributed by atoms with Crippen molar-refractivity contribution < 1.29 is 4.79 Å². The van der Waals surface area contributed by atoms with E-state index in [0.29, 0.717) is 5.02 Å². The van der Waals surface area contributed by atoms with Crippen molar-refractivity contribution in [3.8, 4) is 0 Å². The first-order valence-corrected chi connectivity index (χ1v) is 6.96. The monoisotopic (exact) mass is 313 g/mol. The molecule has 1 aromatic heterocycles. The minimum absolute atomic E-state index is 0.00155. The van der Waals surface area contributed by atoms with Crippen molar-refractivity contribution in [3.05, 3.63) is 59.1 Å². The van der Waals surface area contributed by atoms with Crippen molar-refractivity contribution in [2.45, 2.75) is 6.54 Å². The van der Waals surface area contributed by atoms with Gasteiger partial charge in [-0.3, -0.25) is 4.79 Å². The van der Waals surface area contributed by atoms with E-state index in [0.717, 1.165) is 16.6 Å². The molecule has 0 aliphatic heterocycles. The van der Waals surface area contributed by atoms with Crippen molar-refractivity contribution in [3.63, 3.8) is 0 Å². The lowest BCUT2D eigenvalue weighted by molar-refractivity contribution is -0.122. The smallest absolute Gasteiger partial charge is 0.263 e. The summed E-state index contributed by atoms with van der Waals surface area (Å²) in [4.78, 5) is 13.1. The molecule has 22 heavy (non-hydrogen) atoms. The Morgan fingerprint density at radius 2 is 1.91 bits per heavy atom. The summed E-state index contributed by atoms with van der Waals surface area (Å²) in [5.74, 6) is -0.307. The van der Waals surface area contributed by atoms with Gasteiger partial charge in [0.05, 0.1) is 6.21 Å². The highest BCUT2D eigenvalue weighted by Gasteiger charge is 2.05. The molecule has 0 spiro atoms. The first kappa shape index (κ1) is 14.2. The van der Waals surface area contributed by atoms with Gasteiger partial charge in [0.2, 0.25) is 0 Å². The molecule has 3 aromatic rings. The number of carbonyl (C=O) groups is 1. The molecular formula is C15H12ClN5O. The quantitative estimate of drug-likeness (QED) is 0.593. The van der Waals surface area contributed by atoms with Gasteiger partial charge in [-0.25, -0.2) is 5.43 Å². The summed E-state index contributed by atoms with van der Waals surface area (Å²) in [7, 11) is 0. The van der Waals surface area contributed by atoms with Crippen molar-refractivity contribution in [1.29, 1.82) is 0 Å². The van der Waals surface area contributed by atoms with Crippen LogP contribution in [0.3, 0.4) is 0 Å². The number of halogens is 1. The largest absolute Gasteiger partial charge is 0.271 e. The van der Waals surface area contributed by atoms with Gasteiger partial charge in [-0.1, -0.05) is 35.9 Å². The number of carbonyl (C=O) groups excluding carboxylic acids is 1. The van der Waals surface area contributed by atoms with Gasteiger partial charge in [-0.15, -0.1) is 0 Å². The van der Waals surface area contributed by atoms with E-state index >= 15 is 0 Å². The van der Waals surface area contributed by atoms with Crippen molar-refractivity contribution in [2.75, 3.05) is 0 Å². The third-order valence-corrected chi connectivity index (χ3v) is 3.10. The highest BCUT2D eigenvalue weighted by molar-refractivity contribution is 6.30. The van der Waals surface area contributed by atoms with E-state index in [-0.39, 0.29) is 12.5 Å². The van der Waals surface area contributed by atoms with Crippen LogP contribution in [0.4, 0.5) is 0 Å². The van der Waals surface area contributed by atoms with Gasteiger partial charge in [0.15, 0.2) is 0 Å². The fourth-order valence-electron chi connectivity index (χ4n) is 1.90. The molecule has 1 N–H and O–H groups in total. The Morgan fingerprint density at radius 1 is 1.18 bits per heavy atom. The predicted octanol–water partition coefficient (Wildman–Crippen LogP) is 2.24. The molecule has 110 valence electrons. The molecule has 0 atom stereocenters. The number of amides is 1. The lowest BCUT2D eigenvalue weighted by atomic mass is 10.2. The van der Waals surface area contributed by atoms with Gasteiger partial charge >= 0.3 is 0 Å². The molecule has 0 saturated heterocycles. The number of hydrogen-bond acceptors (Lipinski definition) is 4. The Bertz CT molecular complexity index is 810. The zero-order valence-corrected chi connectivity index (χ0v) is 12.2. The molecule has 0 unspecified atom stereocenters. The number of nitrogens with zero attached hydrogens (tertiary/aromatic N) is 4. The second kappa shape index (κ2) is 6.36. The fraction of sp³-hybridized carbons (Fsp3) is 0.0667. The van der Waals surface area contributed by atoms with Gasteiger partial charge in [-0.2, -0.15) is 20.1 Å². The second-order valence-electron chi connectivity index (χ2n) is 4.57. The molecule has 0 aliphatic carbocycles. The summed E-state index contributed by atoms with van der Waals surface area (Å²) in [5.41, 5.74) is 4.73. The summed E-state index contributed by atoms with van der Waals surface area (Å²) >= 11 is 5.86. The zero-order valence-electron chi connectivity index (χ0n) is 11.5. The minimum atomic E-state index is -0.307. The van der Waals surface area contributed by atoms with Crippen molar-refractivity contribution in [1.82, 2.24) is 20.4 Å². The average Bonchev–Trinajstić information content (AvgIpc) is 2.89. The van der Waals surface area contributed by atoms with Gasteiger partial charge in [-0.05, 0) is 29.8 Å². The summed E-state index contributed by atoms with van der Waals surface area (Å²) in [5, 5.41) is 12.9. The van der Waals surface area contributed by atoms with Crippen LogP contribution in [0.2, 0.25) is 5.02 Å². The second-order valence-corrected chi connectivity index (χ2v) is 5.00. The molecule has 6 nitrogen and oxygen atoms in total. The number of benzene rings is 2. The highest BCUT2D eigenvalue weighted by Crippen LogP contribution is 2.08. The van der Waals surface area contributed by atoms with E-state index in [1.165, 1.54) is 11.0 Å². The Kier molecular flexibility index (Phi) is 4.11. The molecule has 0 radical (unpaired) electrons. The molecular weight excluding hydrogens is 302 g/mol. The fourth-order valence-corrected chi connectivity index (χ4v) is 2.10. The Balaban J connectivity index is 1.60. The lowest BCUT2D eigenvalue weighted by Gasteiger charge is -1.98. The maximum atomic E-state index is 11.8. The van der Waals surface area contributed by atoms with Crippen LogP contribution in [0.1, 0.15) is 5.56 Å². The molecule has 2 aromatic carbocycles. The SMILES string of the molecule is O=C(Cn1nc2ccccc2n1)N/N=C\c1cccc(Cl)c1. The molecule has 0 aliphatic rings. The molecule has 7 heteroatoms. The number of nitrogens with one attached hydrogen (secondary N) is 1. The first-order valence-electron chi connectivity index (χ1n) is 6.58. The summed E-state index contributed by atoms with van der Waals surface area (Å²) < 4.78 is 0. The predicted molar refractivity (Wildman–Crippen MR) is 84.7 cm³/mol. The van der Waals surface area contributed by atoms with Crippen molar-refractivity contribution in [2.24, 2.45) is 5.10 Å². The number of aromatic nitrogens is 3. The standard InChI is InChI=1S/C15H12ClN5O/c16-12-5-3-4-11(8-12)9-17-18-15(22)10-21-19-13-6-1-2-7-14(13)20-21/h1-9H,10H2,(H,18,22)/b17-9-. The first-order chi connectivity index (χ1) is 10.7. The average molecular weight is 314 g/mol. The van der Waals surface area contributed by atoms with E-state index in [1.807, 2.05) is 36.4 Å². The number of hydrazone groups is 1. The third-order valence-electron chi connectivity index (χ3n) is 2.86. The van der Waals surface area contributed by atoms with Crippen LogP contribution in [0, 0.1) is 0 Å². The number of rotatable bonds is 4. The van der Waals surface area contributed by atoms with Gasteiger partial charge < -0.3 is 0 Å². The van der Waals surface area contributed by atoms with Crippen LogP contribution in [-0.4, -0.2) is 27.1 Å². The normalized spacial score (nSPS) is 11.1. The van der Waals surface area contributed by atoms with E-state index in [9.17, 15) is 4.79 Å². The van der Waals surface area contributed by atoms with Crippen molar-refractivity contribution >= 4 is 34.8 Å². The Hall–Kier alpha value is -2.73. The van der Waals surface area contributed by atoms with Crippen LogP contribution < -0.4 is 5.43 Å². The van der Waals surface area contributed by atoms with Crippen LogP contribution in [-0.2, 0) is 11.3 Å². The Morgan fingerprint density at radius 3 is 2.59 bits per heavy atom. The number of hydrogen-bond donors (Lipinski definition) is 1. The van der Waals surface area contributed by atoms with E-state index in [4.69, 9.17) is 11.6 Å². The zero-order chi connectivity index (χ0) is 15.4. The minimum Gasteiger partial charge on any atom is -0.271 e. The maximum absolute atomic E-state index is 11.8. The molecule has 1 heterocycles. The topological polar surface area (TPSA) is 72.2 Å². The van der Waals surface area contributed by atoms with E-state index < -0.39 is 0 Å². The maximum Gasteiger partial charge on any atom is 0.263 e. The summed E-state index contributed by atoms with van der Waals surface area (Å²) in [6, 6.07) is 14.6. The van der Waals surface area contributed by atoms with Gasteiger partial charge in [0.25, 0.3) is 5.91 Å². The van der Waals surface area contributed by atoms with E-state index in [1.54, 1.807) is 12.1 Å². The van der Waals surface area contributed by atoms with Crippen LogP contribution in [0.5, 0.6) is 0 Å². The summed E-state index contributed by atoms with van der Waals surface area (Å²) in [6.07, 6.45) is 1.52. The third kappa shape index (κ3) is 3.48. The molecule has 0 saturated carbocycles. The Labute approximate surface area is 131 Å². The van der Waals surface area contributed by atoms with Gasteiger partial charge in [0, 0.05) is 5.02 Å². The summed E-state index contributed by atoms with van der Waals surface area (Å²) in [6.45, 7) is 0.00155. The molecule has 0 fully saturated rings.